The first kappa shape index (κ1) is 17.9. The number of sulfone groups is 2. The third-order valence-electron chi connectivity index (χ3n) is 5.16. The highest BCUT2D eigenvalue weighted by Crippen LogP contribution is 2.31. The Labute approximate surface area is 144 Å². The Balaban J connectivity index is 1.94. The zero-order valence-corrected chi connectivity index (χ0v) is 15.8. The number of benzene rings is 1. The fourth-order valence-corrected chi connectivity index (χ4v) is 8.55. The fourth-order valence-electron chi connectivity index (χ4n) is 3.72. The first-order valence-corrected chi connectivity index (χ1v) is 11.9. The van der Waals surface area contributed by atoms with Crippen molar-refractivity contribution in [3.63, 3.8) is 0 Å². The van der Waals surface area contributed by atoms with Gasteiger partial charge in [0, 0.05) is 6.04 Å². The molecule has 24 heavy (non-hydrogen) atoms. The normalized spacial score (nSPS) is 27.8. The molecule has 2 fully saturated rings. The van der Waals surface area contributed by atoms with E-state index < -0.39 is 31.0 Å². The average Bonchev–Trinajstić information content (AvgIpc) is 3.14. The predicted molar refractivity (Wildman–Crippen MR) is 94.8 cm³/mol. The van der Waals surface area contributed by atoms with Gasteiger partial charge in [0.25, 0.3) is 0 Å². The highest BCUT2D eigenvalue weighted by molar-refractivity contribution is 7.96. The molecule has 2 atom stereocenters. The van der Waals surface area contributed by atoms with Gasteiger partial charge in [0.15, 0.2) is 19.7 Å². The molecule has 1 aromatic rings. The van der Waals surface area contributed by atoms with Gasteiger partial charge in [-0.15, -0.1) is 0 Å². The molecule has 5 nitrogen and oxygen atoms in total. The van der Waals surface area contributed by atoms with Gasteiger partial charge in [0.1, 0.15) is 0 Å². The van der Waals surface area contributed by atoms with E-state index >= 15 is 0 Å². The Bertz CT molecular complexity index is 791. The summed E-state index contributed by atoms with van der Waals surface area (Å²) in [6.07, 6.45) is 2.01. The maximum absolute atomic E-state index is 13.1. The van der Waals surface area contributed by atoms with E-state index in [0.29, 0.717) is 5.92 Å². The third kappa shape index (κ3) is 3.39. The average molecular weight is 372 g/mol. The topological polar surface area (TPSA) is 71.5 Å². The van der Waals surface area contributed by atoms with Crippen LogP contribution in [0, 0.1) is 0 Å². The van der Waals surface area contributed by atoms with Crippen molar-refractivity contribution in [1.82, 2.24) is 4.90 Å². The first-order chi connectivity index (χ1) is 11.2. The quantitative estimate of drug-likeness (QED) is 0.808. The molecule has 0 saturated carbocycles. The molecule has 0 bridgehead atoms. The van der Waals surface area contributed by atoms with E-state index in [1.165, 1.54) is 0 Å². The monoisotopic (exact) mass is 371 g/mol. The second-order valence-corrected chi connectivity index (χ2v) is 11.5. The van der Waals surface area contributed by atoms with Crippen molar-refractivity contribution in [3.05, 3.63) is 29.8 Å². The number of rotatable bonds is 4. The summed E-state index contributed by atoms with van der Waals surface area (Å²) >= 11 is 0. The number of hydrogen-bond donors (Lipinski definition) is 0. The van der Waals surface area contributed by atoms with Crippen molar-refractivity contribution in [2.45, 2.75) is 48.8 Å². The minimum Gasteiger partial charge on any atom is -0.298 e. The lowest BCUT2D eigenvalue weighted by molar-refractivity contribution is 0.264. The van der Waals surface area contributed by atoms with Gasteiger partial charge in [-0.25, -0.2) is 16.8 Å². The molecule has 0 unspecified atom stereocenters. The lowest BCUT2D eigenvalue weighted by atomic mass is 10.0. The van der Waals surface area contributed by atoms with Crippen LogP contribution in [0.15, 0.2) is 29.2 Å². The molecule has 2 aliphatic rings. The van der Waals surface area contributed by atoms with Gasteiger partial charge in [-0.2, -0.15) is 0 Å². The fraction of sp³-hybridized carbons (Fsp3) is 0.647. The molecule has 0 spiro atoms. The van der Waals surface area contributed by atoms with Gasteiger partial charge in [0.05, 0.1) is 21.7 Å². The maximum Gasteiger partial charge on any atom is 0.183 e. The SMILES string of the molecule is CC(C)c1ccc(S(=O)(=O)[C@H]2CS(=O)(=O)C[C@@H]2N2CCCC2)cc1. The summed E-state index contributed by atoms with van der Waals surface area (Å²) in [6, 6.07) is 6.48. The van der Waals surface area contributed by atoms with E-state index in [1.807, 2.05) is 12.1 Å². The highest BCUT2D eigenvalue weighted by Gasteiger charge is 2.48. The van der Waals surface area contributed by atoms with Crippen LogP contribution in [0.5, 0.6) is 0 Å². The summed E-state index contributed by atoms with van der Waals surface area (Å²) in [5.41, 5.74) is 1.07. The van der Waals surface area contributed by atoms with Crippen molar-refractivity contribution in [3.8, 4) is 0 Å². The molecule has 0 aromatic heterocycles. The summed E-state index contributed by atoms with van der Waals surface area (Å²) in [5.74, 6) is 0.0228. The van der Waals surface area contributed by atoms with Crippen LogP contribution < -0.4 is 0 Å². The molecule has 3 rings (SSSR count). The summed E-state index contributed by atoms with van der Waals surface area (Å²) in [7, 11) is -6.98. The molecular weight excluding hydrogens is 346 g/mol. The zero-order valence-electron chi connectivity index (χ0n) is 14.2. The smallest absolute Gasteiger partial charge is 0.183 e. The van der Waals surface area contributed by atoms with Gasteiger partial charge in [0.2, 0.25) is 0 Å². The van der Waals surface area contributed by atoms with E-state index in [4.69, 9.17) is 0 Å². The van der Waals surface area contributed by atoms with Crippen LogP contribution in [0.2, 0.25) is 0 Å². The lowest BCUT2D eigenvalue weighted by Gasteiger charge is -2.27. The van der Waals surface area contributed by atoms with E-state index in [9.17, 15) is 16.8 Å². The minimum atomic E-state index is -3.66. The van der Waals surface area contributed by atoms with Crippen LogP contribution in [0.4, 0.5) is 0 Å². The molecule has 7 heteroatoms. The highest BCUT2D eigenvalue weighted by atomic mass is 32.2. The summed E-state index contributed by atoms with van der Waals surface area (Å²) in [6.45, 7) is 5.68. The maximum atomic E-state index is 13.1. The molecule has 2 aliphatic heterocycles. The number of nitrogens with zero attached hydrogens (tertiary/aromatic N) is 1. The standard InChI is InChI=1S/C17H25NO4S2/c1-13(2)14-5-7-15(8-6-14)24(21,22)17-12-23(19,20)11-16(17)18-9-3-4-10-18/h5-8,13,16-17H,3-4,9-12H2,1-2H3/t16-,17-/m0/s1. The van der Waals surface area contributed by atoms with E-state index in [2.05, 4.69) is 18.7 Å². The molecule has 134 valence electrons. The van der Waals surface area contributed by atoms with Gasteiger partial charge < -0.3 is 0 Å². The van der Waals surface area contributed by atoms with E-state index in [0.717, 1.165) is 31.5 Å². The van der Waals surface area contributed by atoms with Crippen molar-refractivity contribution in [2.24, 2.45) is 0 Å². The Morgan fingerprint density at radius 2 is 1.62 bits per heavy atom. The van der Waals surface area contributed by atoms with E-state index in [1.54, 1.807) is 12.1 Å². The number of likely N-dealkylation sites (tertiary alicyclic amines) is 1. The van der Waals surface area contributed by atoms with Crippen molar-refractivity contribution in [1.29, 1.82) is 0 Å². The Kier molecular flexibility index (Phi) is 4.79. The molecule has 0 radical (unpaired) electrons. The zero-order chi connectivity index (χ0) is 17.5. The van der Waals surface area contributed by atoms with Crippen LogP contribution in [0.25, 0.3) is 0 Å². The second-order valence-electron chi connectivity index (χ2n) is 7.19. The molecular formula is C17H25NO4S2. The van der Waals surface area contributed by atoms with Crippen LogP contribution in [0.1, 0.15) is 38.2 Å². The van der Waals surface area contributed by atoms with E-state index in [-0.39, 0.29) is 16.4 Å². The van der Waals surface area contributed by atoms with Gasteiger partial charge >= 0.3 is 0 Å². The Hall–Kier alpha value is -0.920. The molecule has 0 amide bonds. The van der Waals surface area contributed by atoms with Crippen molar-refractivity contribution in [2.75, 3.05) is 24.6 Å². The minimum absolute atomic E-state index is 0.0407. The molecule has 2 heterocycles. The predicted octanol–water partition coefficient (Wildman–Crippen LogP) is 1.85. The summed E-state index contributed by atoms with van der Waals surface area (Å²) < 4.78 is 50.4. The summed E-state index contributed by atoms with van der Waals surface area (Å²) in [5, 5.41) is -0.856. The largest absolute Gasteiger partial charge is 0.298 e. The number of hydrogen-bond acceptors (Lipinski definition) is 5. The summed E-state index contributed by atoms with van der Waals surface area (Å²) in [4.78, 5) is 2.29. The second kappa shape index (κ2) is 6.42. The first-order valence-electron chi connectivity index (χ1n) is 8.49. The Morgan fingerprint density at radius 3 is 2.17 bits per heavy atom. The van der Waals surface area contributed by atoms with Crippen molar-refractivity contribution < 1.29 is 16.8 Å². The molecule has 0 aliphatic carbocycles. The van der Waals surface area contributed by atoms with Gasteiger partial charge in [-0.1, -0.05) is 26.0 Å². The molecule has 1 aromatic carbocycles. The molecule has 2 saturated heterocycles. The lowest BCUT2D eigenvalue weighted by Crippen LogP contribution is -2.45. The van der Waals surface area contributed by atoms with Crippen LogP contribution >= 0.6 is 0 Å². The van der Waals surface area contributed by atoms with Gasteiger partial charge in [-0.05, 0) is 49.5 Å². The van der Waals surface area contributed by atoms with Crippen LogP contribution in [-0.2, 0) is 19.7 Å². The van der Waals surface area contributed by atoms with Crippen LogP contribution in [-0.4, -0.2) is 57.6 Å². The Morgan fingerprint density at radius 1 is 1.04 bits per heavy atom. The van der Waals surface area contributed by atoms with Gasteiger partial charge in [-0.3, -0.25) is 4.90 Å². The molecule has 0 N–H and O–H groups in total. The van der Waals surface area contributed by atoms with Crippen LogP contribution in [0.3, 0.4) is 0 Å². The third-order valence-corrected chi connectivity index (χ3v) is 9.29. The van der Waals surface area contributed by atoms with Crippen molar-refractivity contribution >= 4 is 19.7 Å².